The van der Waals surface area contributed by atoms with E-state index in [1.165, 1.54) is 0 Å². The Morgan fingerprint density at radius 3 is 1.88 bits per heavy atom. The minimum atomic E-state index is -1.41. The van der Waals surface area contributed by atoms with E-state index in [0.29, 0.717) is 5.56 Å². The van der Waals surface area contributed by atoms with Crippen LogP contribution in [0.5, 0.6) is 0 Å². The molecule has 0 unspecified atom stereocenters. The lowest BCUT2D eigenvalue weighted by molar-refractivity contribution is -0.0424. The first-order chi connectivity index (χ1) is 8.25. The van der Waals surface area contributed by atoms with Crippen molar-refractivity contribution in [2.75, 3.05) is 0 Å². The Hall–Kier alpha value is -1.97. The van der Waals surface area contributed by atoms with Crippen molar-refractivity contribution in [3.63, 3.8) is 0 Å². The monoisotopic (exact) mass is 227 g/mol. The van der Waals surface area contributed by atoms with Crippen LogP contribution < -0.4 is 0 Å². The van der Waals surface area contributed by atoms with Gasteiger partial charge in [0.2, 0.25) is 0 Å². The summed E-state index contributed by atoms with van der Waals surface area (Å²) < 4.78 is 0. The number of aliphatic hydroxyl groups excluding tert-OH is 1. The summed E-state index contributed by atoms with van der Waals surface area (Å²) in [5.74, 6) is 0. The van der Waals surface area contributed by atoms with Crippen LogP contribution >= 0.6 is 0 Å². The maximum Gasteiger partial charge on any atom is 0.178 e. The van der Waals surface area contributed by atoms with Crippen LogP contribution in [0, 0.1) is 0 Å². The second kappa shape index (κ2) is 5.39. The second-order valence-electron chi connectivity index (χ2n) is 3.65. The maximum absolute atomic E-state index is 8.95. The first-order valence-corrected chi connectivity index (χ1v) is 5.30. The molecular weight excluding hydrogens is 214 g/mol. The number of aliphatic hydroxyl groups is 2. The van der Waals surface area contributed by atoms with Crippen molar-refractivity contribution in [1.82, 2.24) is 4.98 Å². The molecule has 86 valence electrons. The zero-order chi connectivity index (χ0) is 12.1. The molecule has 0 aliphatic rings. The van der Waals surface area contributed by atoms with E-state index in [-0.39, 0.29) is 0 Å². The normalized spacial score (nSPS) is 11.2. The average Bonchev–Trinajstić information content (AvgIpc) is 2.38. The Labute approximate surface area is 99.7 Å². The van der Waals surface area contributed by atoms with Crippen molar-refractivity contribution < 1.29 is 10.2 Å². The summed E-state index contributed by atoms with van der Waals surface area (Å²) in [6.45, 7) is 0. The van der Waals surface area contributed by atoms with Gasteiger partial charge in [-0.05, 0) is 23.3 Å². The SMILES string of the molecule is OC(O)c1ccc(C=Cc2ccncc2)cc1. The van der Waals surface area contributed by atoms with Gasteiger partial charge in [0.1, 0.15) is 0 Å². The van der Waals surface area contributed by atoms with Gasteiger partial charge in [0.05, 0.1) is 0 Å². The Morgan fingerprint density at radius 1 is 0.824 bits per heavy atom. The molecule has 3 heteroatoms. The molecule has 0 aliphatic carbocycles. The number of rotatable bonds is 3. The third kappa shape index (κ3) is 3.24. The van der Waals surface area contributed by atoms with E-state index in [1.54, 1.807) is 24.5 Å². The molecule has 0 spiro atoms. The fourth-order valence-electron chi connectivity index (χ4n) is 1.45. The minimum absolute atomic E-state index is 0.492. The Balaban J connectivity index is 2.12. The Bertz CT molecular complexity index is 489. The highest BCUT2D eigenvalue weighted by Crippen LogP contribution is 2.13. The smallest absolute Gasteiger partial charge is 0.178 e. The highest BCUT2D eigenvalue weighted by molar-refractivity contribution is 5.69. The van der Waals surface area contributed by atoms with Crippen LogP contribution in [-0.4, -0.2) is 15.2 Å². The molecule has 0 radical (unpaired) electrons. The van der Waals surface area contributed by atoms with Crippen LogP contribution in [0.15, 0.2) is 48.8 Å². The Kier molecular flexibility index (Phi) is 3.65. The van der Waals surface area contributed by atoms with Crippen molar-refractivity contribution in [2.45, 2.75) is 6.29 Å². The summed E-state index contributed by atoms with van der Waals surface area (Å²) in [6, 6.07) is 10.9. The third-order valence-electron chi connectivity index (χ3n) is 2.41. The van der Waals surface area contributed by atoms with Crippen molar-refractivity contribution in [2.24, 2.45) is 0 Å². The second-order valence-corrected chi connectivity index (χ2v) is 3.65. The Morgan fingerprint density at radius 2 is 1.35 bits per heavy atom. The van der Waals surface area contributed by atoms with Gasteiger partial charge in [0.25, 0.3) is 0 Å². The number of benzene rings is 1. The topological polar surface area (TPSA) is 53.4 Å². The first kappa shape index (κ1) is 11.5. The van der Waals surface area contributed by atoms with Crippen LogP contribution in [0.4, 0.5) is 0 Å². The van der Waals surface area contributed by atoms with E-state index in [2.05, 4.69) is 4.98 Å². The lowest BCUT2D eigenvalue weighted by atomic mass is 10.1. The van der Waals surface area contributed by atoms with Crippen molar-refractivity contribution in [1.29, 1.82) is 0 Å². The first-order valence-electron chi connectivity index (χ1n) is 5.30. The lowest BCUT2D eigenvalue weighted by Gasteiger charge is -2.03. The molecule has 0 saturated heterocycles. The molecule has 2 aromatic rings. The van der Waals surface area contributed by atoms with Crippen molar-refractivity contribution >= 4 is 12.2 Å². The molecule has 1 aromatic carbocycles. The van der Waals surface area contributed by atoms with E-state index in [9.17, 15) is 0 Å². The maximum atomic E-state index is 8.95. The van der Waals surface area contributed by atoms with Gasteiger partial charge in [-0.25, -0.2) is 0 Å². The number of nitrogens with zero attached hydrogens (tertiary/aromatic N) is 1. The quantitative estimate of drug-likeness (QED) is 0.791. The van der Waals surface area contributed by atoms with Crippen LogP contribution in [0.25, 0.3) is 12.2 Å². The summed E-state index contributed by atoms with van der Waals surface area (Å²) in [6.07, 6.45) is 6.01. The van der Waals surface area contributed by atoms with Crippen molar-refractivity contribution in [3.05, 3.63) is 65.5 Å². The van der Waals surface area contributed by atoms with Crippen LogP contribution in [-0.2, 0) is 0 Å². The predicted octanol–water partition coefficient (Wildman–Crippen LogP) is 2.24. The van der Waals surface area contributed by atoms with Gasteiger partial charge < -0.3 is 10.2 Å². The van der Waals surface area contributed by atoms with Gasteiger partial charge >= 0.3 is 0 Å². The molecule has 17 heavy (non-hydrogen) atoms. The molecule has 0 fully saturated rings. The van der Waals surface area contributed by atoms with E-state index in [0.717, 1.165) is 11.1 Å². The van der Waals surface area contributed by atoms with Gasteiger partial charge in [0, 0.05) is 18.0 Å². The molecule has 2 rings (SSSR count). The van der Waals surface area contributed by atoms with E-state index in [1.807, 2.05) is 36.4 Å². The third-order valence-corrected chi connectivity index (χ3v) is 2.41. The zero-order valence-electron chi connectivity index (χ0n) is 9.19. The van der Waals surface area contributed by atoms with E-state index >= 15 is 0 Å². The molecule has 2 N–H and O–H groups in total. The molecule has 1 aromatic heterocycles. The summed E-state index contributed by atoms with van der Waals surface area (Å²) in [7, 11) is 0. The molecular formula is C14H13NO2. The van der Waals surface area contributed by atoms with E-state index < -0.39 is 6.29 Å². The summed E-state index contributed by atoms with van der Waals surface area (Å²) in [4.78, 5) is 3.94. The highest BCUT2D eigenvalue weighted by Gasteiger charge is 1.99. The molecule has 1 heterocycles. The molecule has 0 bridgehead atoms. The van der Waals surface area contributed by atoms with Gasteiger partial charge in [-0.1, -0.05) is 36.4 Å². The summed E-state index contributed by atoms with van der Waals surface area (Å²) in [5.41, 5.74) is 2.57. The number of pyridine rings is 1. The van der Waals surface area contributed by atoms with Gasteiger partial charge in [-0.2, -0.15) is 0 Å². The lowest BCUT2D eigenvalue weighted by Crippen LogP contribution is -1.93. The summed E-state index contributed by atoms with van der Waals surface area (Å²) in [5, 5.41) is 17.9. The van der Waals surface area contributed by atoms with E-state index in [4.69, 9.17) is 10.2 Å². The van der Waals surface area contributed by atoms with Crippen LogP contribution in [0.2, 0.25) is 0 Å². The van der Waals surface area contributed by atoms with Crippen LogP contribution in [0.1, 0.15) is 23.0 Å². The number of hydrogen-bond donors (Lipinski definition) is 2. The molecule has 0 saturated carbocycles. The number of aromatic nitrogens is 1. The fourth-order valence-corrected chi connectivity index (χ4v) is 1.45. The number of hydrogen-bond acceptors (Lipinski definition) is 3. The van der Waals surface area contributed by atoms with Crippen LogP contribution in [0.3, 0.4) is 0 Å². The van der Waals surface area contributed by atoms with Gasteiger partial charge in [-0.3, -0.25) is 4.98 Å². The predicted molar refractivity (Wildman–Crippen MR) is 66.8 cm³/mol. The fraction of sp³-hybridized carbons (Fsp3) is 0.0714. The average molecular weight is 227 g/mol. The standard InChI is InChI=1S/C14H13NO2/c16-14(17)13-5-3-11(4-6-13)1-2-12-7-9-15-10-8-12/h1-10,14,16-17H. The molecule has 0 aliphatic heterocycles. The zero-order valence-corrected chi connectivity index (χ0v) is 9.19. The van der Waals surface area contributed by atoms with Gasteiger partial charge in [0.15, 0.2) is 6.29 Å². The minimum Gasteiger partial charge on any atom is -0.364 e. The molecule has 0 atom stereocenters. The van der Waals surface area contributed by atoms with Crippen molar-refractivity contribution in [3.8, 4) is 0 Å². The molecule has 0 amide bonds. The largest absolute Gasteiger partial charge is 0.364 e. The molecule has 3 nitrogen and oxygen atoms in total. The highest BCUT2D eigenvalue weighted by atomic mass is 16.5. The summed E-state index contributed by atoms with van der Waals surface area (Å²) >= 11 is 0. The van der Waals surface area contributed by atoms with Gasteiger partial charge in [-0.15, -0.1) is 0 Å².